The van der Waals surface area contributed by atoms with Gasteiger partial charge in [0.25, 0.3) is 5.91 Å². The van der Waals surface area contributed by atoms with E-state index in [4.69, 9.17) is 0 Å². The quantitative estimate of drug-likeness (QED) is 0.600. The van der Waals surface area contributed by atoms with Crippen molar-refractivity contribution in [2.24, 2.45) is 0 Å². The van der Waals surface area contributed by atoms with Gasteiger partial charge < -0.3 is 15.5 Å². The van der Waals surface area contributed by atoms with Gasteiger partial charge in [0.2, 0.25) is 5.91 Å². The highest BCUT2D eigenvalue weighted by Crippen LogP contribution is 2.36. The van der Waals surface area contributed by atoms with E-state index in [0.717, 1.165) is 38.0 Å². The number of nitrogens with zero attached hydrogens (tertiary/aromatic N) is 3. The highest BCUT2D eigenvalue weighted by Gasteiger charge is 2.43. The average molecular weight is 530 g/mol. The Balaban J connectivity index is 1.19. The molecule has 5 rings (SSSR count). The van der Waals surface area contributed by atoms with Crippen LogP contribution in [0.1, 0.15) is 56.3 Å². The minimum absolute atomic E-state index is 0.00480. The van der Waals surface area contributed by atoms with Crippen LogP contribution in [0.3, 0.4) is 0 Å². The maximum Gasteiger partial charge on any atom is 0.322 e. The predicted octanol–water partition coefficient (Wildman–Crippen LogP) is 3.56. The van der Waals surface area contributed by atoms with Gasteiger partial charge in [-0.15, -0.1) is 0 Å². The lowest BCUT2D eigenvalue weighted by Crippen LogP contribution is -2.47. The number of nitrogens with one attached hydrogen (secondary N) is 2. The highest BCUT2D eigenvalue weighted by atomic mass is 16.2. The van der Waals surface area contributed by atoms with Gasteiger partial charge in [-0.1, -0.05) is 75.4 Å². The summed E-state index contributed by atoms with van der Waals surface area (Å²) in [5, 5.41) is 6.12. The van der Waals surface area contributed by atoms with Crippen molar-refractivity contribution in [3.05, 3.63) is 82.6 Å². The number of likely N-dealkylation sites (tertiary alicyclic amines) is 1. The third kappa shape index (κ3) is 5.86. The summed E-state index contributed by atoms with van der Waals surface area (Å²) in [6, 6.07) is 17.8. The van der Waals surface area contributed by atoms with Crippen LogP contribution in [0.15, 0.2) is 65.9 Å². The molecular formula is C31H39N5O3. The Morgan fingerprint density at radius 2 is 1.67 bits per heavy atom. The number of hydrogen-bond acceptors (Lipinski definition) is 4. The molecule has 8 nitrogen and oxygen atoms in total. The molecule has 0 bridgehead atoms. The number of piperidine rings is 1. The Labute approximate surface area is 231 Å². The number of likely N-dealkylation sites (N-methyl/N-ethyl adjacent to an activating group) is 1. The van der Waals surface area contributed by atoms with E-state index in [0.29, 0.717) is 11.3 Å². The molecular weight excluding hydrogens is 490 g/mol. The van der Waals surface area contributed by atoms with Gasteiger partial charge in [-0.2, -0.15) is 0 Å². The van der Waals surface area contributed by atoms with Crippen LogP contribution in [-0.4, -0.2) is 71.8 Å². The third-order valence-electron chi connectivity index (χ3n) is 8.08. The van der Waals surface area contributed by atoms with Crippen LogP contribution in [0.4, 0.5) is 4.79 Å². The van der Waals surface area contributed by atoms with Crippen LogP contribution >= 0.6 is 0 Å². The van der Waals surface area contributed by atoms with Crippen molar-refractivity contribution in [3.8, 4) is 0 Å². The number of hydrogen-bond donors (Lipinski definition) is 2. The van der Waals surface area contributed by atoms with E-state index >= 15 is 0 Å². The molecule has 0 radical (unpaired) electrons. The zero-order chi connectivity index (χ0) is 27.7. The Kier molecular flexibility index (Phi) is 7.49. The molecule has 2 aromatic rings. The van der Waals surface area contributed by atoms with Crippen LogP contribution < -0.4 is 10.6 Å². The van der Waals surface area contributed by atoms with E-state index in [2.05, 4.69) is 72.7 Å². The molecule has 1 saturated heterocycles. The molecule has 8 heteroatoms. The first-order chi connectivity index (χ1) is 18.6. The lowest BCUT2D eigenvalue weighted by molar-refractivity contribution is -0.132. The molecule has 3 heterocycles. The summed E-state index contributed by atoms with van der Waals surface area (Å²) in [6.45, 7) is 9.44. The molecule has 0 spiro atoms. The minimum Gasteiger partial charge on any atom is -0.352 e. The highest BCUT2D eigenvalue weighted by molar-refractivity contribution is 6.02. The number of carbonyl (C=O) groups is 3. The molecule has 0 aliphatic carbocycles. The van der Waals surface area contributed by atoms with Crippen molar-refractivity contribution in [1.82, 2.24) is 25.3 Å². The summed E-state index contributed by atoms with van der Waals surface area (Å²) in [5.41, 5.74) is 4.55. The molecule has 39 heavy (non-hydrogen) atoms. The summed E-state index contributed by atoms with van der Waals surface area (Å²) in [7, 11) is 1.67. The second-order valence-electron chi connectivity index (χ2n) is 11.9. The zero-order valence-corrected chi connectivity index (χ0v) is 23.4. The van der Waals surface area contributed by atoms with Crippen molar-refractivity contribution in [2.75, 3.05) is 33.2 Å². The minimum atomic E-state index is -0.535. The number of amides is 4. The number of rotatable bonds is 6. The SMILES string of the molecule is CN1C(=O)N[C@@H](c2ccc(C(C)(C)C)cc2)C2=C1CN(CC(=O)NC1CCN(Cc3ccccc3)CC1)C2=O. The van der Waals surface area contributed by atoms with Gasteiger partial charge in [0, 0.05) is 32.7 Å². The van der Waals surface area contributed by atoms with Gasteiger partial charge >= 0.3 is 6.03 Å². The van der Waals surface area contributed by atoms with Gasteiger partial charge in [-0.3, -0.25) is 19.4 Å². The maximum atomic E-state index is 13.5. The van der Waals surface area contributed by atoms with E-state index in [1.165, 1.54) is 16.0 Å². The molecule has 3 aliphatic heterocycles. The van der Waals surface area contributed by atoms with Crippen molar-refractivity contribution in [3.63, 3.8) is 0 Å². The van der Waals surface area contributed by atoms with Crippen molar-refractivity contribution in [1.29, 1.82) is 0 Å². The van der Waals surface area contributed by atoms with E-state index in [-0.39, 0.29) is 42.4 Å². The normalized spacial score (nSPS) is 20.8. The first-order valence-electron chi connectivity index (χ1n) is 13.8. The Morgan fingerprint density at radius 3 is 2.31 bits per heavy atom. The van der Waals surface area contributed by atoms with Crippen LogP contribution in [0.25, 0.3) is 0 Å². The van der Waals surface area contributed by atoms with Crippen molar-refractivity contribution >= 4 is 17.8 Å². The number of urea groups is 1. The number of benzene rings is 2. The molecule has 4 amide bonds. The van der Waals surface area contributed by atoms with Crippen LogP contribution in [0, 0.1) is 0 Å². The monoisotopic (exact) mass is 529 g/mol. The third-order valence-corrected chi connectivity index (χ3v) is 8.08. The van der Waals surface area contributed by atoms with E-state index in [9.17, 15) is 14.4 Å². The lowest BCUT2D eigenvalue weighted by atomic mass is 9.85. The number of carbonyl (C=O) groups excluding carboxylic acids is 3. The molecule has 2 N–H and O–H groups in total. The van der Waals surface area contributed by atoms with E-state index in [1.54, 1.807) is 11.9 Å². The maximum absolute atomic E-state index is 13.5. The van der Waals surface area contributed by atoms with Crippen LogP contribution in [0.5, 0.6) is 0 Å². The Hall–Kier alpha value is -3.65. The van der Waals surface area contributed by atoms with Gasteiger partial charge in [0.15, 0.2) is 0 Å². The second-order valence-corrected chi connectivity index (χ2v) is 11.9. The standard InChI is InChI=1S/C31H39N5O3/c1-31(2,3)23-12-10-22(11-13-23)28-27-25(34(4)30(39)33-28)19-36(29(27)38)20-26(37)32-24-14-16-35(17-15-24)18-21-8-6-5-7-9-21/h5-13,24,28H,14-20H2,1-4H3,(H,32,37)(H,33,39)/t28-/m0/s1. The van der Waals surface area contributed by atoms with E-state index < -0.39 is 6.04 Å². The fourth-order valence-corrected chi connectivity index (χ4v) is 5.70. The molecule has 3 aliphatic rings. The largest absolute Gasteiger partial charge is 0.352 e. The molecule has 1 atom stereocenters. The Bertz CT molecular complexity index is 1260. The second kappa shape index (κ2) is 10.8. The van der Waals surface area contributed by atoms with Gasteiger partial charge in [-0.05, 0) is 34.9 Å². The Morgan fingerprint density at radius 1 is 1.00 bits per heavy atom. The molecule has 0 unspecified atom stereocenters. The van der Waals surface area contributed by atoms with Gasteiger partial charge in [0.1, 0.15) is 6.54 Å². The first kappa shape index (κ1) is 26.9. The van der Waals surface area contributed by atoms with Gasteiger partial charge in [0.05, 0.1) is 23.9 Å². The topological polar surface area (TPSA) is 85.0 Å². The van der Waals surface area contributed by atoms with E-state index in [1.807, 2.05) is 18.2 Å². The van der Waals surface area contributed by atoms with Crippen LogP contribution in [0.2, 0.25) is 0 Å². The van der Waals surface area contributed by atoms with Gasteiger partial charge in [-0.25, -0.2) is 4.79 Å². The first-order valence-corrected chi connectivity index (χ1v) is 13.8. The fraction of sp³-hybridized carbons (Fsp3) is 0.452. The molecule has 1 fully saturated rings. The molecule has 0 aromatic heterocycles. The fourth-order valence-electron chi connectivity index (χ4n) is 5.70. The predicted molar refractivity (Wildman–Crippen MR) is 151 cm³/mol. The smallest absolute Gasteiger partial charge is 0.322 e. The summed E-state index contributed by atoms with van der Waals surface area (Å²) in [6.07, 6.45) is 1.77. The lowest BCUT2D eigenvalue weighted by Gasteiger charge is -2.32. The molecule has 2 aromatic carbocycles. The molecule has 0 saturated carbocycles. The summed E-state index contributed by atoms with van der Waals surface area (Å²) in [5.74, 6) is -0.354. The summed E-state index contributed by atoms with van der Waals surface area (Å²) in [4.78, 5) is 44.7. The van der Waals surface area contributed by atoms with Crippen LogP contribution in [-0.2, 0) is 21.5 Å². The summed E-state index contributed by atoms with van der Waals surface area (Å²) < 4.78 is 0. The summed E-state index contributed by atoms with van der Waals surface area (Å²) >= 11 is 0. The average Bonchev–Trinajstić information content (AvgIpc) is 3.23. The van der Waals surface area contributed by atoms with Crippen molar-refractivity contribution in [2.45, 2.75) is 57.7 Å². The zero-order valence-electron chi connectivity index (χ0n) is 23.4. The molecule has 206 valence electrons. The van der Waals surface area contributed by atoms with Crippen molar-refractivity contribution < 1.29 is 14.4 Å².